The maximum Gasteiger partial charge on any atom is 0.229 e. The standard InChI is InChI=1S/C18H25N3O/c1-3-8-13(2)17(22)20-18-19-15-11-6-7-12-16(15)21(18)14-9-4-5-10-14/h6-7,11-14H,3-5,8-10H2,1-2H3,(H,19,20,22). The first kappa shape index (κ1) is 15.1. The minimum absolute atomic E-state index is 0.0295. The SMILES string of the molecule is CCCC(C)C(=O)Nc1nc2ccccc2n1C1CCCC1. The third-order valence-electron chi connectivity index (χ3n) is 4.69. The molecule has 1 atom stereocenters. The van der Waals surface area contributed by atoms with E-state index >= 15 is 0 Å². The van der Waals surface area contributed by atoms with Crippen molar-refractivity contribution in [3.8, 4) is 0 Å². The van der Waals surface area contributed by atoms with Crippen molar-refractivity contribution in [3.05, 3.63) is 24.3 Å². The first-order chi connectivity index (χ1) is 10.7. The number of nitrogens with zero attached hydrogens (tertiary/aromatic N) is 2. The van der Waals surface area contributed by atoms with Crippen LogP contribution in [0.2, 0.25) is 0 Å². The molecule has 3 rings (SSSR count). The van der Waals surface area contributed by atoms with Crippen LogP contribution in [0.5, 0.6) is 0 Å². The number of amides is 1. The molecule has 22 heavy (non-hydrogen) atoms. The molecule has 1 aliphatic carbocycles. The molecule has 0 bridgehead atoms. The van der Waals surface area contributed by atoms with Crippen molar-refractivity contribution < 1.29 is 4.79 Å². The van der Waals surface area contributed by atoms with Gasteiger partial charge >= 0.3 is 0 Å². The number of carbonyl (C=O) groups excluding carboxylic acids is 1. The number of anilines is 1. The fraction of sp³-hybridized carbons (Fsp3) is 0.556. The number of aromatic nitrogens is 2. The molecule has 0 saturated heterocycles. The summed E-state index contributed by atoms with van der Waals surface area (Å²) in [6.45, 7) is 4.10. The van der Waals surface area contributed by atoms with E-state index in [2.05, 4.69) is 27.9 Å². The molecule has 1 aliphatic rings. The highest BCUT2D eigenvalue weighted by atomic mass is 16.2. The minimum Gasteiger partial charge on any atom is -0.307 e. The van der Waals surface area contributed by atoms with Crippen LogP contribution < -0.4 is 5.32 Å². The number of fused-ring (bicyclic) bond motifs is 1. The maximum atomic E-state index is 12.4. The molecule has 0 spiro atoms. The maximum absolute atomic E-state index is 12.4. The molecule has 2 aromatic rings. The second kappa shape index (κ2) is 6.51. The zero-order valence-electron chi connectivity index (χ0n) is 13.5. The van der Waals surface area contributed by atoms with Gasteiger partial charge in [-0.1, -0.05) is 45.2 Å². The number of carbonyl (C=O) groups is 1. The molecule has 1 unspecified atom stereocenters. The van der Waals surface area contributed by atoms with E-state index in [1.54, 1.807) is 0 Å². The van der Waals surface area contributed by atoms with Crippen molar-refractivity contribution in [1.29, 1.82) is 0 Å². The Balaban J connectivity index is 1.94. The normalized spacial score (nSPS) is 17.0. The Morgan fingerprint density at radius 1 is 1.36 bits per heavy atom. The van der Waals surface area contributed by atoms with E-state index in [1.165, 1.54) is 25.7 Å². The molecule has 1 heterocycles. The number of hydrogen-bond donors (Lipinski definition) is 1. The largest absolute Gasteiger partial charge is 0.307 e. The summed E-state index contributed by atoms with van der Waals surface area (Å²) < 4.78 is 2.25. The number of nitrogens with one attached hydrogen (secondary N) is 1. The van der Waals surface area contributed by atoms with Crippen LogP contribution in [0.4, 0.5) is 5.95 Å². The Bertz CT molecular complexity index is 655. The average molecular weight is 299 g/mol. The Kier molecular flexibility index (Phi) is 4.46. The van der Waals surface area contributed by atoms with Gasteiger partial charge in [0.2, 0.25) is 11.9 Å². The lowest BCUT2D eigenvalue weighted by Gasteiger charge is -2.17. The van der Waals surface area contributed by atoms with Crippen molar-refractivity contribution >= 4 is 22.9 Å². The van der Waals surface area contributed by atoms with E-state index in [-0.39, 0.29) is 11.8 Å². The molecular formula is C18H25N3O. The summed E-state index contributed by atoms with van der Waals surface area (Å²) in [5, 5.41) is 3.07. The van der Waals surface area contributed by atoms with Gasteiger partial charge in [0.05, 0.1) is 11.0 Å². The predicted molar refractivity (Wildman–Crippen MR) is 89.9 cm³/mol. The monoisotopic (exact) mass is 299 g/mol. The summed E-state index contributed by atoms with van der Waals surface area (Å²) in [5.74, 6) is 0.833. The van der Waals surface area contributed by atoms with E-state index in [0.29, 0.717) is 6.04 Å². The van der Waals surface area contributed by atoms with Gasteiger partial charge in [0.1, 0.15) is 0 Å². The summed E-state index contributed by atoms with van der Waals surface area (Å²) in [5.41, 5.74) is 2.10. The molecule has 4 heteroatoms. The molecular weight excluding hydrogens is 274 g/mol. The average Bonchev–Trinajstić information content (AvgIpc) is 3.13. The lowest BCUT2D eigenvalue weighted by atomic mass is 10.1. The number of rotatable bonds is 5. The number of para-hydroxylation sites is 2. The van der Waals surface area contributed by atoms with Gasteiger partial charge in [-0.15, -0.1) is 0 Å². The molecule has 4 nitrogen and oxygen atoms in total. The highest BCUT2D eigenvalue weighted by Gasteiger charge is 2.24. The van der Waals surface area contributed by atoms with Gasteiger partial charge in [-0.2, -0.15) is 0 Å². The molecule has 1 N–H and O–H groups in total. The quantitative estimate of drug-likeness (QED) is 0.882. The van der Waals surface area contributed by atoms with Gasteiger partial charge in [0, 0.05) is 12.0 Å². The van der Waals surface area contributed by atoms with Gasteiger partial charge in [0.25, 0.3) is 0 Å². The molecule has 0 aliphatic heterocycles. The zero-order chi connectivity index (χ0) is 15.5. The van der Waals surface area contributed by atoms with Crippen molar-refractivity contribution in [2.45, 2.75) is 58.4 Å². The van der Waals surface area contributed by atoms with Gasteiger partial charge in [0.15, 0.2) is 0 Å². The van der Waals surface area contributed by atoms with Gasteiger partial charge in [-0.05, 0) is 31.4 Å². The van der Waals surface area contributed by atoms with Crippen LogP contribution in [0.3, 0.4) is 0 Å². The van der Waals surface area contributed by atoms with Gasteiger partial charge in [-0.3, -0.25) is 10.1 Å². The van der Waals surface area contributed by atoms with Crippen LogP contribution in [0.25, 0.3) is 11.0 Å². The number of imidazole rings is 1. The van der Waals surface area contributed by atoms with Crippen LogP contribution in [-0.4, -0.2) is 15.5 Å². The Morgan fingerprint density at radius 2 is 2.09 bits per heavy atom. The van der Waals surface area contributed by atoms with E-state index in [0.717, 1.165) is 29.8 Å². The van der Waals surface area contributed by atoms with E-state index in [4.69, 9.17) is 0 Å². The molecule has 1 fully saturated rings. The third-order valence-corrected chi connectivity index (χ3v) is 4.69. The fourth-order valence-electron chi connectivity index (χ4n) is 3.46. The minimum atomic E-state index is 0.0295. The summed E-state index contributed by atoms with van der Waals surface area (Å²) in [6, 6.07) is 8.63. The Morgan fingerprint density at radius 3 is 2.82 bits per heavy atom. The van der Waals surface area contributed by atoms with Gasteiger partial charge in [-0.25, -0.2) is 4.98 Å². The fourth-order valence-corrected chi connectivity index (χ4v) is 3.46. The van der Waals surface area contributed by atoms with Crippen molar-refractivity contribution in [1.82, 2.24) is 9.55 Å². The van der Waals surface area contributed by atoms with E-state index < -0.39 is 0 Å². The van der Waals surface area contributed by atoms with Crippen LogP contribution in [0.1, 0.15) is 58.4 Å². The Hall–Kier alpha value is -1.84. The van der Waals surface area contributed by atoms with Crippen LogP contribution in [-0.2, 0) is 4.79 Å². The van der Waals surface area contributed by atoms with E-state index in [9.17, 15) is 4.79 Å². The summed E-state index contributed by atoms with van der Waals surface area (Å²) in [6.07, 6.45) is 6.80. The van der Waals surface area contributed by atoms with Crippen LogP contribution >= 0.6 is 0 Å². The summed E-state index contributed by atoms with van der Waals surface area (Å²) >= 11 is 0. The van der Waals surface area contributed by atoms with Gasteiger partial charge < -0.3 is 4.57 Å². The number of hydrogen-bond acceptors (Lipinski definition) is 2. The van der Waals surface area contributed by atoms with Crippen LogP contribution in [0, 0.1) is 5.92 Å². The first-order valence-corrected chi connectivity index (χ1v) is 8.48. The predicted octanol–water partition coefficient (Wildman–Crippen LogP) is 4.53. The highest BCUT2D eigenvalue weighted by Crippen LogP contribution is 2.35. The smallest absolute Gasteiger partial charge is 0.229 e. The van der Waals surface area contributed by atoms with E-state index in [1.807, 2.05) is 25.1 Å². The lowest BCUT2D eigenvalue weighted by molar-refractivity contribution is -0.119. The zero-order valence-corrected chi connectivity index (χ0v) is 13.5. The van der Waals surface area contributed by atoms with Crippen LogP contribution in [0.15, 0.2) is 24.3 Å². The highest BCUT2D eigenvalue weighted by molar-refractivity contribution is 5.93. The molecule has 1 aromatic heterocycles. The molecule has 1 aromatic carbocycles. The first-order valence-electron chi connectivity index (χ1n) is 8.48. The van der Waals surface area contributed by atoms with Crippen molar-refractivity contribution in [3.63, 3.8) is 0 Å². The Labute approximate surface area is 131 Å². The molecule has 118 valence electrons. The molecule has 0 radical (unpaired) electrons. The molecule has 1 saturated carbocycles. The second-order valence-corrected chi connectivity index (χ2v) is 6.41. The lowest BCUT2D eigenvalue weighted by Crippen LogP contribution is -2.23. The summed E-state index contributed by atoms with van der Waals surface area (Å²) in [4.78, 5) is 17.1. The van der Waals surface area contributed by atoms with Crippen molar-refractivity contribution in [2.24, 2.45) is 5.92 Å². The molecule has 1 amide bonds. The topological polar surface area (TPSA) is 46.9 Å². The second-order valence-electron chi connectivity index (χ2n) is 6.41. The summed E-state index contributed by atoms with van der Waals surface area (Å²) in [7, 11) is 0. The third kappa shape index (κ3) is 2.87. The van der Waals surface area contributed by atoms with Crippen molar-refractivity contribution in [2.75, 3.05) is 5.32 Å². The number of benzene rings is 1.